The summed E-state index contributed by atoms with van der Waals surface area (Å²) in [6, 6.07) is 7.10. The lowest BCUT2D eigenvalue weighted by atomic mass is 10.2. The maximum atomic E-state index is 13.5. The zero-order valence-corrected chi connectivity index (χ0v) is 15.0. The van der Waals surface area contributed by atoms with E-state index >= 15 is 0 Å². The van der Waals surface area contributed by atoms with Crippen molar-refractivity contribution in [1.82, 2.24) is 9.97 Å². The number of carbonyl (C=O) groups is 2. The molecule has 2 heterocycles. The van der Waals surface area contributed by atoms with Gasteiger partial charge in [0.05, 0.1) is 17.7 Å². The molecule has 3 rings (SSSR count). The molecule has 1 aromatic carbocycles. The van der Waals surface area contributed by atoms with Crippen molar-refractivity contribution in [2.24, 2.45) is 0 Å². The van der Waals surface area contributed by atoms with E-state index in [2.05, 4.69) is 20.6 Å². The van der Waals surface area contributed by atoms with E-state index in [0.29, 0.717) is 22.1 Å². The Kier molecular flexibility index (Phi) is 5.41. The van der Waals surface area contributed by atoms with Crippen LogP contribution in [-0.2, 0) is 11.2 Å². The third kappa shape index (κ3) is 4.85. The Morgan fingerprint density at radius 1 is 1.22 bits per heavy atom. The lowest BCUT2D eigenvalue weighted by molar-refractivity contribution is -0.115. The van der Waals surface area contributed by atoms with Crippen molar-refractivity contribution in [3.63, 3.8) is 0 Å². The summed E-state index contributed by atoms with van der Waals surface area (Å²) in [7, 11) is 0. The van der Waals surface area contributed by atoms with Gasteiger partial charge in [0, 0.05) is 23.3 Å². The molecule has 0 spiro atoms. The van der Waals surface area contributed by atoms with Crippen LogP contribution in [0.5, 0.6) is 0 Å². The lowest BCUT2D eigenvalue weighted by Crippen LogP contribution is -2.16. The molecule has 2 amide bonds. The number of rotatable bonds is 5. The number of halogens is 1. The monoisotopic (exact) mass is 386 g/mol. The normalized spacial score (nSPS) is 10.4. The van der Waals surface area contributed by atoms with Crippen molar-refractivity contribution in [3.05, 3.63) is 74.9 Å². The average molecular weight is 386 g/mol. The molecule has 0 radical (unpaired) electrons. The topological polar surface area (TPSA) is 104 Å². The first-order valence-corrected chi connectivity index (χ1v) is 8.79. The summed E-state index contributed by atoms with van der Waals surface area (Å²) >= 11 is 1.17. The predicted molar refractivity (Wildman–Crippen MR) is 101 cm³/mol. The molecule has 0 aliphatic heterocycles. The minimum atomic E-state index is -0.424. The van der Waals surface area contributed by atoms with Gasteiger partial charge in [-0.15, -0.1) is 11.3 Å². The van der Waals surface area contributed by atoms with Crippen LogP contribution in [0.15, 0.2) is 46.7 Å². The Hall–Kier alpha value is -3.33. The average Bonchev–Trinajstić information content (AvgIpc) is 3.05. The van der Waals surface area contributed by atoms with Crippen molar-refractivity contribution < 1.29 is 14.0 Å². The van der Waals surface area contributed by atoms with E-state index in [0.717, 1.165) is 0 Å². The number of nitrogens with one attached hydrogen (secondary N) is 3. The highest BCUT2D eigenvalue weighted by Gasteiger charge is 2.12. The zero-order chi connectivity index (χ0) is 19.4. The van der Waals surface area contributed by atoms with Gasteiger partial charge >= 0.3 is 0 Å². The van der Waals surface area contributed by atoms with E-state index in [1.807, 2.05) is 0 Å². The molecule has 0 atom stereocenters. The van der Waals surface area contributed by atoms with Gasteiger partial charge in [-0.1, -0.05) is 6.07 Å². The largest absolute Gasteiger partial charge is 0.328 e. The maximum absolute atomic E-state index is 13.5. The molecular weight excluding hydrogens is 371 g/mol. The number of amides is 2. The third-order valence-electron chi connectivity index (χ3n) is 3.62. The number of aryl methyl sites for hydroxylation is 1. The second kappa shape index (κ2) is 7.92. The van der Waals surface area contributed by atoms with Gasteiger partial charge in [0.1, 0.15) is 5.82 Å². The van der Waals surface area contributed by atoms with Gasteiger partial charge in [-0.2, -0.15) is 0 Å². The first kappa shape index (κ1) is 18.5. The Labute approximate surface area is 157 Å². The van der Waals surface area contributed by atoms with Crippen molar-refractivity contribution in [3.8, 4) is 0 Å². The van der Waals surface area contributed by atoms with Crippen LogP contribution in [0.1, 0.15) is 21.6 Å². The molecule has 0 fully saturated rings. The molecule has 0 bridgehead atoms. The number of aromatic nitrogens is 2. The number of H-pyrrole nitrogens is 1. The minimum Gasteiger partial charge on any atom is -0.328 e. The molecule has 138 valence electrons. The standard InChI is InChI=1S/C18H15FN4O3S/c1-10-2-4-12(6-14(10)19)21-16(25)7-13-9-27-18(22-13)23-17(26)11-3-5-15(24)20-8-11/h2-6,8-9H,7H2,1H3,(H,20,24)(H,21,25)(H,22,23,26). The fourth-order valence-corrected chi connectivity index (χ4v) is 2.91. The fourth-order valence-electron chi connectivity index (χ4n) is 2.21. The van der Waals surface area contributed by atoms with E-state index in [-0.39, 0.29) is 23.5 Å². The number of thiazole rings is 1. The molecule has 0 aliphatic rings. The smallest absolute Gasteiger partial charge is 0.258 e. The van der Waals surface area contributed by atoms with Crippen molar-refractivity contribution in [2.75, 3.05) is 10.6 Å². The molecular formula is C18H15FN4O3S. The van der Waals surface area contributed by atoms with Gasteiger partial charge in [-0.25, -0.2) is 9.37 Å². The van der Waals surface area contributed by atoms with Gasteiger partial charge in [-0.3, -0.25) is 19.7 Å². The Bertz CT molecular complexity index is 1040. The molecule has 27 heavy (non-hydrogen) atoms. The van der Waals surface area contributed by atoms with Crippen LogP contribution < -0.4 is 16.2 Å². The van der Waals surface area contributed by atoms with Crippen LogP contribution >= 0.6 is 11.3 Å². The van der Waals surface area contributed by atoms with Crippen molar-refractivity contribution in [1.29, 1.82) is 0 Å². The molecule has 2 aromatic heterocycles. The summed E-state index contributed by atoms with van der Waals surface area (Å²) in [6.45, 7) is 1.64. The number of carbonyl (C=O) groups excluding carboxylic acids is 2. The highest BCUT2D eigenvalue weighted by molar-refractivity contribution is 7.14. The van der Waals surface area contributed by atoms with Crippen molar-refractivity contribution >= 4 is 34.0 Å². The van der Waals surface area contributed by atoms with Gasteiger partial charge in [0.25, 0.3) is 5.91 Å². The van der Waals surface area contributed by atoms with Gasteiger partial charge < -0.3 is 10.3 Å². The highest BCUT2D eigenvalue weighted by atomic mass is 32.1. The second-order valence-corrected chi connectivity index (χ2v) is 6.59. The van der Waals surface area contributed by atoms with Crippen LogP contribution in [0.3, 0.4) is 0 Å². The first-order valence-electron chi connectivity index (χ1n) is 7.91. The molecule has 3 N–H and O–H groups in total. The summed E-state index contributed by atoms with van der Waals surface area (Å²) < 4.78 is 13.5. The Morgan fingerprint density at radius 2 is 2.04 bits per heavy atom. The predicted octanol–water partition coefficient (Wildman–Crippen LogP) is 2.71. The fraction of sp³-hybridized carbons (Fsp3) is 0.111. The van der Waals surface area contributed by atoms with Gasteiger partial charge in [0.15, 0.2) is 5.13 Å². The van der Waals surface area contributed by atoms with E-state index in [1.54, 1.807) is 24.4 Å². The van der Waals surface area contributed by atoms with Crippen LogP contribution in [-0.4, -0.2) is 21.8 Å². The third-order valence-corrected chi connectivity index (χ3v) is 4.42. The Morgan fingerprint density at radius 3 is 2.74 bits per heavy atom. The molecule has 0 aliphatic carbocycles. The maximum Gasteiger partial charge on any atom is 0.258 e. The zero-order valence-electron chi connectivity index (χ0n) is 14.2. The number of hydrogen-bond acceptors (Lipinski definition) is 5. The summed E-state index contributed by atoms with van der Waals surface area (Å²) in [6.07, 6.45) is 1.29. The Balaban J connectivity index is 1.59. The van der Waals surface area contributed by atoms with E-state index in [9.17, 15) is 18.8 Å². The second-order valence-electron chi connectivity index (χ2n) is 5.73. The van der Waals surface area contributed by atoms with Crippen molar-refractivity contribution in [2.45, 2.75) is 13.3 Å². The molecule has 7 nitrogen and oxygen atoms in total. The number of benzene rings is 1. The summed E-state index contributed by atoms with van der Waals surface area (Å²) in [5.41, 5.74) is 1.31. The number of aromatic amines is 1. The molecule has 9 heteroatoms. The number of pyridine rings is 1. The molecule has 3 aromatic rings. The molecule has 0 saturated heterocycles. The van der Waals surface area contributed by atoms with Crippen LogP contribution in [0.2, 0.25) is 0 Å². The number of anilines is 2. The summed E-state index contributed by atoms with van der Waals surface area (Å²) in [5.74, 6) is -1.16. The van der Waals surface area contributed by atoms with Gasteiger partial charge in [-0.05, 0) is 30.7 Å². The highest BCUT2D eigenvalue weighted by Crippen LogP contribution is 2.18. The first-order chi connectivity index (χ1) is 12.9. The van der Waals surface area contributed by atoms with E-state index in [4.69, 9.17) is 0 Å². The summed E-state index contributed by atoms with van der Waals surface area (Å²) in [5, 5.41) is 7.18. The van der Waals surface area contributed by atoms with Gasteiger partial charge in [0.2, 0.25) is 11.5 Å². The quantitative estimate of drug-likeness (QED) is 0.627. The van der Waals surface area contributed by atoms with Crippen LogP contribution in [0.4, 0.5) is 15.2 Å². The molecule has 0 unspecified atom stereocenters. The van der Waals surface area contributed by atoms with E-state index < -0.39 is 11.7 Å². The van der Waals surface area contributed by atoms with E-state index in [1.165, 1.54) is 35.7 Å². The number of hydrogen-bond donors (Lipinski definition) is 3. The van der Waals surface area contributed by atoms with Crippen LogP contribution in [0, 0.1) is 12.7 Å². The molecule has 0 saturated carbocycles. The van der Waals surface area contributed by atoms with Crippen LogP contribution in [0.25, 0.3) is 0 Å². The number of nitrogens with zero attached hydrogens (tertiary/aromatic N) is 1. The SMILES string of the molecule is Cc1ccc(NC(=O)Cc2csc(NC(=O)c3ccc(=O)[nH]c3)n2)cc1F. The minimum absolute atomic E-state index is 0.0134. The lowest BCUT2D eigenvalue weighted by Gasteiger charge is -2.05. The summed E-state index contributed by atoms with van der Waals surface area (Å²) in [4.78, 5) is 41.8.